The van der Waals surface area contributed by atoms with Gasteiger partial charge in [-0.05, 0) is 43.0 Å². The van der Waals surface area contributed by atoms with Crippen LogP contribution >= 0.6 is 11.3 Å². The molecule has 2 aromatic rings. The van der Waals surface area contributed by atoms with Crippen molar-refractivity contribution in [1.29, 1.82) is 0 Å². The molecule has 0 spiro atoms. The number of aryl methyl sites for hydroxylation is 3. The van der Waals surface area contributed by atoms with Crippen LogP contribution in [0.2, 0.25) is 0 Å². The Bertz CT molecular complexity index is 489. The molecule has 16 heavy (non-hydrogen) atoms. The van der Waals surface area contributed by atoms with Crippen LogP contribution in [0.4, 0.5) is 0 Å². The van der Waals surface area contributed by atoms with Crippen LogP contribution in [0.25, 0.3) is 0 Å². The van der Waals surface area contributed by atoms with Crippen LogP contribution < -0.4 is 5.73 Å². The van der Waals surface area contributed by atoms with E-state index in [9.17, 15) is 0 Å². The lowest BCUT2D eigenvalue weighted by atomic mass is 9.96. The van der Waals surface area contributed by atoms with Crippen LogP contribution in [0.15, 0.2) is 23.8 Å². The number of rotatable bonds is 2. The third kappa shape index (κ3) is 2.01. The van der Waals surface area contributed by atoms with Gasteiger partial charge in [0, 0.05) is 11.1 Å². The van der Waals surface area contributed by atoms with Crippen molar-refractivity contribution < 1.29 is 0 Å². The zero-order valence-electron chi connectivity index (χ0n) is 9.82. The zero-order valence-corrected chi connectivity index (χ0v) is 10.6. The highest BCUT2D eigenvalue weighted by atomic mass is 32.1. The second-order valence-corrected chi connectivity index (χ2v) is 5.09. The molecule has 0 saturated carbocycles. The maximum atomic E-state index is 6.25. The van der Waals surface area contributed by atoms with Gasteiger partial charge in [0.05, 0.1) is 11.6 Å². The molecule has 2 rings (SSSR count). The largest absolute Gasteiger partial charge is 0.320 e. The molecule has 0 radical (unpaired) electrons. The van der Waals surface area contributed by atoms with E-state index in [0.29, 0.717) is 0 Å². The van der Waals surface area contributed by atoms with Crippen molar-refractivity contribution in [1.82, 2.24) is 4.98 Å². The van der Waals surface area contributed by atoms with E-state index in [1.54, 1.807) is 11.3 Å². The number of aromatic nitrogens is 1. The smallest absolute Gasteiger partial charge is 0.0794 e. The van der Waals surface area contributed by atoms with Crippen molar-refractivity contribution in [3.63, 3.8) is 0 Å². The summed E-state index contributed by atoms with van der Waals surface area (Å²) in [7, 11) is 0. The third-order valence-electron chi connectivity index (χ3n) is 2.98. The second kappa shape index (κ2) is 4.36. The third-order valence-corrected chi connectivity index (χ3v) is 3.83. The fraction of sp³-hybridized carbons (Fsp3) is 0.308. The quantitative estimate of drug-likeness (QED) is 0.864. The van der Waals surface area contributed by atoms with E-state index < -0.39 is 0 Å². The molecule has 1 atom stereocenters. The fourth-order valence-corrected chi connectivity index (χ4v) is 2.49. The molecule has 1 aromatic heterocycles. The van der Waals surface area contributed by atoms with E-state index in [2.05, 4.69) is 37.9 Å². The molecular weight excluding hydrogens is 216 g/mol. The first-order chi connectivity index (χ1) is 7.59. The summed E-state index contributed by atoms with van der Waals surface area (Å²) in [5, 5.41) is 0. The maximum absolute atomic E-state index is 6.25. The van der Waals surface area contributed by atoms with E-state index >= 15 is 0 Å². The molecule has 3 heteroatoms. The highest BCUT2D eigenvalue weighted by molar-refractivity contribution is 7.09. The number of nitrogens with zero attached hydrogens (tertiary/aromatic N) is 1. The normalized spacial score (nSPS) is 12.8. The molecule has 0 bridgehead atoms. The average Bonchev–Trinajstić information content (AvgIpc) is 2.75. The fourth-order valence-electron chi connectivity index (χ4n) is 1.85. The summed E-state index contributed by atoms with van der Waals surface area (Å²) in [6.45, 7) is 6.37. The molecule has 1 heterocycles. The van der Waals surface area contributed by atoms with E-state index in [0.717, 1.165) is 4.88 Å². The summed E-state index contributed by atoms with van der Waals surface area (Å²) < 4.78 is 0. The Morgan fingerprint density at radius 1 is 1.12 bits per heavy atom. The van der Waals surface area contributed by atoms with Gasteiger partial charge in [-0.1, -0.05) is 12.1 Å². The lowest BCUT2D eigenvalue weighted by molar-refractivity contribution is 0.875. The SMILES string of the molecule is Cc1cc(C)c(C(N)c2cncs2)cc1C. The number of hydrogen-bond acceptors (Lipinski definition) is 3. The summed E-state index contributed by atoms with van der Waals surface area (Å²) in [6.07, 6.45) is 1.85. The van der Waals surface area contributed by atoms with Gasteiger partial charge in [-0.25, -0.2) is 0 Å². The minimum Gasteiger partial charge on any atom is -0.320 e. The first kappa shape index (κ1) is 11.3. The minimum atomic E-state index is -0.0493. The standard InChI is InChI=1S/C13H16N2S/c1-8-4-10(3)11(5-9(8)2)13(14)12-6-15-7-16-12/h4-7,13H,14H2,1-3H3. The Labute approximate surface area is 100 Å². The maximum Gasteiger partial charge on any atom is 0.0794 e. The molecule has 0 amide bonds. The topological polar surface area (TPSA) is 38.9 Å². The van der Waals surface area contributed by atoms with Gasteiger partial charge in [0.25, 0.3) is 0 Å². The van der Waals surface area contributed by atoms with Crippen molar-refractivity contribution in [3.8, 4) is 0 Å². The summed E-state index contributed by atoms with van der Waals surface area (Å²) in [4.78, 5) is 5.19. The molecule has 2 N–H and O–H groups in total. The lowest BCUT2D eigenvalue weighted by Crippen LogP contribution is -2.12. The predicted octanol–water partition coefficient (Wildman–Crippen LogP) is 3.12. The molecule has 0 fully saturated rings. The predicted molar refractivity (Wildman–Crippen MR) is 68.8 cm³/mol. The van der Waals surface area contributed by atoms with E-state index in [4.69, 9.17) is 5.73 Å². The van der Waals surface area contributed by atoms with Crippen molar-refractivity contribution in [2.24, 2.45) is 5.73 Å². The first-order valence-corrected chi connectivity index (χ1v) is 6.19. The Morgan fingerprint density at radius 2 is 1.81 bits per heavy atom. The Kier molecular flexibility index (Phi) is 3.08. The molecular formula is C13H16N2S. The van der Waals surface area contributed by atoms with E-state index in [-0.39, 0.29) is 6.04 Å². The van der Waals surface area contributed by atoms with Crippen LogP contribution in [0.3, 0.4) is 0 Å². The van der Waals surface area contributed by atoms with Crippen molar-refractivity contribution in [2.75, 3.05) is 0 Å². The summed E-state index contributed by atoms with van der Waals surface area (Å²) in [5.74, 6) is 0. The highest BCUT2D eigenvalue weighted by Crippen LogP contribution is 2.27. The summed E-state index contributed by atoms with van der Waals surface area (Å²) in [5.41, 5.74) is 13.1. The van der Waals surface area contributed by atoms with Gasteiger partial charge >= 0.3 is 0 Å². The van der Waals surface area contributed by atoms with Crippen LogP contribution in [-0.2, 0) is 0 Å². The Hall–Kier alpha value is -1.19. The monoisotopic (exact) mass is 232 g/mol. The van der Waals surface area contributed by atoms with Crippen LogP contribution in [0.5, 0.6) is 0 Å². The minimum absolute atomic E-state index is 0.0493. The van der Waals surface area contributed by atoms with Gasteiger partial charge < -0.3 is 5.73 Å². The van der Waals surface area contributed by atoms with Crippen LogP contribution in [-0.4, -0.2) is 4.98 Å². The van der Waals surface area contributed by atoms with Crippen molar-refractivity contribution in [2.45, 2.75) is 26.8 Å². The van der Waals surface area contributed by atoms with E-state index in [1.807, 2.05) is 11.7 Å². The molecule has 1 aromatic carbocycles. The second-order valence-electron chi connectivity index (χ2n) is 4.17. The molecule has 0 aliphatic heterocycles. The van der Waals surface area contributed by atoms with Gasteiger partial charge in [0.15, 0.2) is 0 Å². The highest BCUT2D eigenvalue weighted by Gasteiger charge is 2.13. The Balaban J connectivity index is 2.44. The molecule has 1 unspecified atom stereocenters. The van der Waals surface area contributed by atoms with Gasteiger partial charge in [0.2, 0.25) is 0 Å². The summed E-state index contributed by atoms with van der Waals surface area (Å²) >= 11 is 1.61. The van der Waals surface area contributed by atoms with Crippen molar-refractivity contribution in [3.05, 3.63) is 51.0 Å². The Morgan fingerprint density at radius 3 is 2.44 bits per heavy atom. The number of thiazole rings is 1. The van der Waals surface area contributed by atoms with Crippen molar-refractivity contribution >= 4 is 11.3 Å². The van der Waals surface area contributed by atoms with Gasteiger partial charge in [0.1, 0.15) is 0 Å². The first-order valence-electron chi connectivity index (χ1n) is 5.31. The summed E-state index contributed by atoms with van der Waals surface area (Å²) in [6, 6.07) is 4.34. The molecule has 0 aliphatic carbocycles. The zero-order chi connectivity index (χ0) is 11.7. The van der Waals surface area contributed by atoms with Crippen LogP contribution in [0.1, 0.15) is 33.2 Å². The average molecular weight is 232 g/mol. The number of hydrogen-bond donors (Lipinski definition) is 1. The lowest BCUT2D eigenvalue weighted by Gasteiger charge is -2.15. The van der Waals surface area contributed by atoms with Crippen LogP contribution in [0, 0.1) is 20.8 Å². The molecule has 84 valence electrons. The molecule has 2 nitrogen and oxygen atoms in total. The number of nitrogens with two attached hydrogens (primary N) is 1. The van der Waals surface area contributed by atoms with Gasteiger partial charge in [-0.2, -0.15) is 0 Å². The number of benzene rings is 1. The molecule has 0 aliphatic rings. The van der Waals surface area contributed by atoms with Gasteiger partial charge in [-0.15, -0.1) is 11.3 Å². The van der Waals surface area contributed by atoms with E-state index in [1.165, 1.54) is 22.3 Å². The molecule has 0 saturated heterocycles. The van der Waals surface area contributed by atoms with Gasteiger partial charge in [-0.3, -0.25) is 4.98 Å².